The highest BCUT2D eigenvalue weighted by Gasteiger charge is 2.41. The largest absolute Gasteiger partial charge is 0.480 e. The number of carbonyl (C=O) groups is 2. The van der Waals surface area contributed by atoms with Crippen molar-refractivity contribution in [3.63, 3.8) is 0 Å². The Kier molecular flexibility index (Phi) is 12.7. The number of amides is 1. The minimum absolute atomic E-state index is 0.0459. The predicted octanol–water partition coefficient (Wildman–Crippen LogP) is 4.63. The molecule has 0 saturated heterocycles. The molecule has 0 spiro atoms. The summed E-state index contributed by atoms with van der Waals surface area (Å²) in [6.07, 6.45) is -1.09. The second-order valence-corrected chi connectivity index (χ2v) is 10.1. The molecular formula is C29H39F3N4O5. The van der Waals surface area contributed by atoms with Crippen LogP contribution in [0.1, 0.15) is 48.4 Å². The summed E-state index contributed by atoms with van der Waals surface area (Å²) >= 11 is 0. The van der Waals surface area contributed by atoms with Gasteiger partial charge in [0.25, 0.3) is 0 Å². The average molecular weight is 581 g/mol. The molecule has 1 amide bonds. The first-order chi connectivity index (χ1) is 19.7. The number of aliphatic carboxylic acids is 1. The Labute approximate surface area is 238 Å². The Bertz CT molecular complexity index is 1100. The van der Waals surface area contributed by atoms with Crippen LogP contribution in [-0.2, 0) is 27.1 Å². The van der Waals surface area contributed by atoms with Crippen molar-refractivity contribution in [1.29, 1.82) is 0 Å². The lowest BCUT2D eigenvalue weighted by atomic mass is 10.00. The summed E-state index contributed by atoms with van der Waals surface area (Å²) in [4.78, 5) is 30.8. The number of rotatable bonds is 16. The fourth-order valence-electron chi connectivity index (χ4n) is 4.68. The van der Waals surface area contributed by atoms with Crippen LogP contribution in [0.5, 0.6) is 0 Å². The number of nitrogens with one attached hydrogen (secondary N) is 2. The van der Waals surface area contributed by atoms with Crippen LogP contribution in [0.25, 0.3) is 0 Å². The molecule has 0 saturated carbocycles. The first kappa shape index (κ1) is 32.1. The number of ether oxygens (including phenoxy) is 2. The predicted molar refractivity (Wildman–Crippen MR) is 148 cm³/mol. The monoisotopic (exact) mass is 580 g/mol. The first-order valence-electron chi connectivity index (χ1n) is 13.9. The maximum Gasteiger partial charge on any atom is 0.407 e. The molecule has 0 bridgehead atoms. The molecule has 2 aromatic rings. The van der Waals surface area contributed by atoms with E-state index in [-0.39, 0.29) is 12.0 Å². The molecule has 0 radical (unpaired) electrons. The summed E-state index contributed by atoms with van der Waals surface area (Å²) in [5.41, 5.74) is 2.22. The molecule has 2 atom stereocenters. The van der Waals surface area contributed by atoms with E-state index in [1.165, 1.54) is 29.8 Å². The molecule has 12 heteroatoms. The van der Waals surface area contributed by atoms with Crippen LogP contribution in [0, 0.1) is 0 Å². The number of alkyl halides is 3. The summed E-state index contributed by atoms with van der Waals surface area (Å²) in [6.45, 7) is 2.02. The third-order valence-electron chi connectivity index (χ3n) is 7.02. The SMILES string of the molecule is COCCN(CCCCc1ccc2c(n1)NCCC2)CC[C@H](NC(=O)OCC(c1ccccc1)C(F)(F)F)C(=O)O. The molecule has 3 N–H and O–H groups in total. The van der Waals surface area contributed by atoms with Crippen LogP contribution >= 0.6 is 0 Å². The highest BCUT2D eigenvalue weighted by atomic mass is 19.4. The van der Waals surface area contributed by atoms with Gasteiger partial charge < -0.3 is 30.1 Å². The molecule has 226 valence electrons. The zero-order chi connectivity index (χ0) is 29.7. The van der Waals surface area contributed by atoms with Crippen molar-refractivity contribution in [2.75, 3.05) is 51.8 Å². The van der Waals surface area contributed by atoms with E-state index >= 15 is 0 Å². The third-order valence-corrected chi connectivity index (χ3v) is 7.02. The average Bonchev–Trinajstić information content (AvgIpc) is 2.95. The number of hydrogen-bond donors (Lipinski definition) is 3. The van der Waals surface area contributed by atoms with Crippen LogP contribution in [0.2, 0.25) is 0 Å². The van der Waals surface area contributed by atoms with Crippen LogP contribution in [0.4, 0.5) is 23.8 Å². The normalized spacial score (nSPS) is 14.6. The van der Waals surface area contributed by atoms with E-state index in [9.17, 15) is 27.9 Å². The zero-order valence-corrected chi connectivity index (χ0v) is 23.3. The van der Waals surface area contributed by atoms with E-state index in [4.69, 9.17) is 14.5 Å². The number of halogens is 3. The van der Waals surface area contributed by atoms with Crippen molar-refractivity contribution in [2.45, 2.75) is 56.7 Å². The lowest BCUT2D eigenvalue weighted by Gasteiger charge is -2.24. The Hall–Kier alpha value is -3.38. The lowest BCUT2D eigenvalue weighted by Crippen LogP contribution is -2.44. The molecule has 1 aromatic heterocycles. The second kappa shape index (κ2) is 16.2. The molecule has 3 rings (SSSR count). The molecule has 9 nitrogen and oxygen atoms in total. The number of fused-ring (bicyclic) bond motifs is 1. The van der Waals surface area contributed by atoms with E-state index < -0.39 is 36.8 Å². The van der Waals surface area contributed by atoms with Crippen molar-refractivity contribution in [3.8, 4) is 0 Å². The molecular weight excluding hydrogens is 541 g/mol. The van der Waals surface area contributed by atoms with Gasteiger partial charge in [-0.05, 0) is 62.3 Å². The molecule has 0 aliphatic carbocycles. The second-order valence-electron chi connectivity index (χ2n) is 10.1. The standard InChI is InChI=1S/C29H39F3N4O5/c1-40-19-18-36(16-6-5-11-23-13-12-22-10-7-15-33-26(22)34-23)17-14-25(27(37)38)35-28(39)41-20-24(29(30,31)32)21-8-3-2-4-9-21/h2-4,8-9,12-13,24-25H,5-7,10-11,14-20H2,1H3,(H,33,34)(H,35,39)(H,37,38)/t24?,25-/m0/s1. The van der Waals surface area contributed by atoms with Gasteiger partial charge in [-0.25, -0.2) is 14.6 Å². The Balaban J connectivity index is 1.46. The van der Waals surface area contributed by atoms with Gasteiger partial charge in [0.15, 0.2) is 0 Å². The quantitative estimate of drug-likeness (QED) is 0.247. The number of carboxylic acids is 1. The number of benzene rings is 1. The van der Waals surface area contributed by atoms with E-state index in [1.54, 1.807) is 13.2 Å². The maximum absolute atomic E-state index is 13.5. The topological polar surface area (TPSA) is 113 Å². The fraction of sp³-hybridized carbons (Fsp3) is 0.552. The molecule has 0 fully saturated rings. The number of pyridine rings is 1. The molecule has 1 aliphatic rings. The van der Waals surface area contributed by atoms with Crippen LogP contribution in [0.3, 0.4) is 0 Å². The highest BCUT2D eigenvalue weighted by molar-refractivity contribution is 5.79. The molecule has 41 heavy (non-hydrogen) atoms. The van der Waals surface area contributed by atoms with E-state index in [1.807, 2.05) is 4.90 Å². The van der Waals surface area contributed by atoms with Gasteiger partial charge in [-0.2, -0.15) is 13.2 Å². The number of aryl methyl sites for hydroxylation is 2. The minimum Gasteiger partial charge on any atom is -0.480 e. The smallest absolute Gasteiger partial charge is 0.407 e. The summed E-state index contributed by atoms with van der Waals surface area (Å²) in [5, 5.41) is 15.2. The van der Waals surface area contributed by atoms with Crippen molar-refractivity contribution in [2.24, 2.45) is 0 Å². The number of hydrogen-bond acceptors (Lipinski definition) is 7. The molecule has 2 heterocycles. The summed E-state index contributed by atoms with van der Waals surface area (Å²) in [5.74, 6) is -2.35. The number of carbonyl (C=O) groups excluding carboxylic acids is 1. The van der Waals surface area contributed by atoms with Crippen LogP contribution in [-0.4, -0.2) is 85.8 Å². The molecule has 1 unspecified atom stereocenters. The first-order valence-corrected chi connectivity index (χ1v) is 13.9. The van der Waals surface area contributed by atoms with Crippen molar-refractivity contribution in [3.05, 3.63) is 59.3 Å². The van der Waals surface area contributed by atoms with Gasteiger partial charge in [0.1, 0.15) is 24.4 Å². The number of methoxy groups -OCH3 is 1. The summed E-state index contributed by atoms with van der Waals surface area (Å²) < 4.78 is 50.6. The number of anilines is 1. The zero-order valence-electron chi connectivity index (χ0n) is 23.3. The minimum atomic E-state index is -4.64. The Morgan fingerprint density at radius 1 is 1.12 bits per heavy atom. The van der Waals surface area contributed by atoms with Gasteiger partial charge in [0.05, 0.1) is 6.61 Å². The number of unbranched alkanes of at least 4 members (excludes halogenated alkanes) is 1. The van der Waals surface area contributed by atoms with Crippen molar-refractivity contribution >= 4 is 17.9 Å². The Morgan fingerprint density at radius 2 is 1.90 bits per heavy atom. The van der Waals surface area contributed by atoms with Crippen LogP contribution < -0.4 is 10.6 Å². The lowest BCUT2D eigenvalue weighted by molar-refractivity contribution is -0.158. The number of carboxylic acid groups (broad SMARTS) is 1. The summed E-state index contributed by atoms with van der Waals surface area (Å²) in [7, 11) is 1.58. The number of alkyl carbamates (subject to hydrolysis) is 1. The van der Waals surface area contributed by atoms with E-state index in [0.717, 1.165) is 50.2 Å². The van der Waals surface area contributed by atoms with Crippen molar-refractivity contribution < 1.29 is 37.3 Å². The summed E-state index contributed by atoms with van der Waals surface area (Å²) in [6, 6.07) is 9.99. The fourth-order valence-corrected chi connectivity index (χ4v) is 4.68. The van der Waals surface area contributed by atoms with Gasteiger partial charge >= 0.3 is 18.2 Å². The number of nitrogens with zero attached hydrogens (tertiary/aromatic N) is 2. The third kappa shape index (κ3) is 10.8. The van der Waals surface area contributed by atoms with E-state index in [0.29, 0.717) is 26.2 Å². The van der Waals surface area contributed by atoms with Gasteiger partial charge in [-0.3, -0.25) is 0 Å². The molecule has 1 aromatic carbocycles. The van der Waals surface area contributed by atoms with Gasteiger partial charge in [-0.15, -0.1) is 0 Å². The van der Waals surface area contributed by atoms with Gasteiger partial charge in [0, 0.05) is 32.4 Å². The Morgan fingerprint density at radius 3 is 2.61 bits per heavy atom. The van der Waals surface area contributed by atoms with E-state index in [2.05, 4.69) is 22.8 Å². The van der Waals surface area contributed by atoms with Crippen LogP contribution in [0.15, 0.2) is 42.5 Å². The maximum atomic E-state index is 13.5. The molecule has 1 aliphatic heterocycles. The van der Waals surface area contributed by atoms with Crippen molar-refractivity contribution in [1.82, 2.24) is 15.2 Å². The van der Waals surface area contributed by atoms with Gasteiger partial charge in [0.2, 0.25) is 0 Å². The highest BCUT2D eigenvalue weighted by Crippen LogP contribution is 2.35. The number of aromatic nitrogens is 1. The van der Waals surface area contributed by atoms with Gasteiger partial charge in [-0.1, -0.05) is 36.4 Å².